The summed E-state index contributed by atoms with van der Waals surface area (Å²) in [6.45, 7) is 2.01. The molecule has 8 nitrogen and oxygen atoms in total. The SMILES string of the molecule is Cc1sc2ncnc(N)c2c1-c1ccc(NC(=O)Nc2cccc(F)c2)cc1.N=C=O. The van der Waals surface area contributed by atoms with E-state index < -0.39 is 11.8 Å². The van der Waals surface area contributed by atoms with Gasteiger partial charge in [0.1, 0.15) is 22.8 Å². The number of thiophene rings is 1. The second kappa shape index (κ2) is 9.57. The Balaban J connectivity index is 0.000000858. The number of nitrogens with one attached hydrogen (secondary N) is 3. The molecule has 2 aromatic heterocycles. The van der Waals surface area contributed by atoms with Gasteiger partial charge < -0.3 is 16.4 Å². The Kier molecular flexibility index (Phi) is 6.66. The second-order valence-corrected chi connectivity index (χ2v) is 7.44. The summed E-state index contributed by atoms with van der Waals surface area (Å²) in [5.41, 5.74) is 8.99. The molecule has 0 saturated carbocycles. The summed E-state index contributed by atoms with van der Waals surface area (Å²) < 4.78 is 13.2. The third-order valence-electron chi connectivity index (χ3n) is 4.21. The van der Waals surface area contributed by atoms with Crippen LogP contribution in [-0.4, -0.2) is 22.1 Å². The summed E-state index contributed by atoms with van der Waals surface area (Å²) in [5, 5.41) is 11.6. The van der Waals surface area contributed by atoms with Gasteiger partial charge in [0.2, 0.25) is 6.08 Å². The average molecular weight is 436 g/mol. The lowest BCUT2D eigenvalue weighted by molar-refractivity contribution is 0.262. The molecule has 0 aliphatic rings. The molecule has 0 fully saturated rings. The van der Waals surface area contributed by atoms with Gasteiger partial charge in [-0.2, -0.15) is 0 Å². The minimum absolute atomic E-state index is 0.380. The third kappa shape index (κ3) is 5.08. The highest BCUT2D eigenvalue weighted by Crippen LogP contribution is 2.39. The maximum atomic E-state index is 13.2. The van der Waals surface area contributed by atoms with E-state index in [1.54, 1.807) is 29.5 Å². The Morgan fingerprint density at radius 1 is 1.13 bits per heavy atom. The lowest BCUT2D eigenvalue weighted by Gasteiger charge is -2.09. The van der Waals surface area contributed by atoms with Crippen molar-refractivity contribution in [3.8, 4) is 11.1 Å². The van der Waals surface area contributed by atoms with Gasteiger partial charge in [0.05, 0.1) is 5.39 Å². The van der Waals surface area contributed by atoms with Crippen LogP contribution in [0, 0.1) is 18.2 Å². The van der Waals surface area contributed by atoms with Gasteiger partial charge in [0.15, 0.2) is 0 Å². The number of aryl methyl sites for hydroxylation is 1. The second-order valence-electron chi connectivity index (χ2n) is 6.24. The van der Waals surface area contributed by atoms with E-state index in [2.05, 4.69) is 20.6 Å². The van der Waals surface area contributed by atoms with E-state index in [0.29, 0.717) is 17.2 Å². The molecule has 0 aliphatic carbocycles. The molecule has 0 atom stereocenters. The van der Waals surface area contributed by atoms with Gasteiger partial charge >= 0.3 is 6.03 Å². The number of nitrogens with zero attached hydrogens (tertiary/aromatic N) is 2. The first-order chi connectivity index (χ1) is 14.9. The molecule has 0 saturated heterocycles. The topological polar surface area (TPSA) is 134 Å². The Labute approximate surface area is 180 Å². The summed E-state index contributed by atoms with van der Waals surface area (Å²) in [6.07, 6.45) is 2.21. The normalized spacial score (nSPS) is 10.0. The molecule has 2 heterocycles. The van der Waals surface area contributed by atoms with Crippen molar-refractivity contribution in [2.45, 2.75) is 6.92 Å². The Morgan fingerprint density at radius 2 is 1.81 bits per heavy atom. The fourth-order valence-electron chi connectivity index (χ4n) is 2.99. The van der Waals surface area contributed by atoms with Crippen LogP contribution in [0.4, 0.5) is 26.4 Å². The zero-order valence-corrected chi connectivity index (χ0v) is 17.1. The van der Waals surface area contributed by atoms with Gasteiger partial charge in [-0.1, -0.05) is 18.2 Å². The minimum Gasteiger partial charge on any atom is -0.383 e. The summed E-state index contributed by atoms with van der Waals surface area (Å²) in [6, 6.07) is 12.7. The number of benzene rings is 2. The van der Waals surface area contributed by atoms with Crippen molar-refractivity contribution in [2.75, 3.05) is 16.4 Å². The van der Waals surface area contributed by atoms with Crippen LogP contribution in [0.1, 0.15) is 4.88 Å². The van der Waals surface area contributed by atoms with Crippen molar-refractivity contribution < 1.29 is 14.0 Å². The summed E-state index contributed by atoms with van der Waals surface area (Å²) in [7, 11) is 0. The number of nitrogens with two attached hydrogens (primary N) is 1. The van der Waals surface area contributed by atoms with Crippen molar-refractivity contribution >= 4 is 50.9 Å². The number of isocyanates is 1. The molecule has 0 unspecified atom stereocenters. The monoisotopic (exact) mass is 436 g/mol. The Bertz CT molecular complexity index is 1270. The highest BCUT2D eigenvalue weighted by Gasteiger charge is 2.15. The molecule has 5 N–H and O–H groups in total. The van der Waals surface area contributed by atoms with Gasteiger partial charge in [0.25, 0.3) is 0 Å². The van der Waals surface area contributed by atoms with E-state index >= 15 is 0 Å². The van der Waals surface area contributed by atoms with Crippen LogP contribution in [0.15, 0.2) is 54.9 Å². The molecule has 0 spiro atoms. The molecule has 4 aromatic rings. The van der Waals surface area contributed by atoms with Crippen molar-refractivity contribution in [3.63, 3.8) is 0 Å². The number of carbonyl (C=O) groups excluding carboxylic acids is 2. The first-order valence-corrected chi connectivity index (χ1v) is 9.72. The molecule has 31 heavy (non-hydrogen) atoms. The fourth-order valence-corrected chi connectivity index (χ4v) is 4.01. The number of anilines is 3. The number of carbonyl (C=O) groups is 1. The standard InChI is InChI=1S/C20H16FN5OS.CHNO/c1-11-16(17-18(22)23-10-24-19(17)28-11)12-5-7-14(8-6-12)25-20(27)26-15-4-2-3-13(21)9-15;2-1-3/h2-10H,1H3,(H2,22,23,24)(H2,25,26,27);2H. The summed E-state index contributed by atoms with van der Waals surface area (Å²) in [4.78, 5) is 30.8. The van der Waals surface area contributed by atoms with Gasteiger partial charge in [-0.3, -0.25) is 0 Å². The zero-order valence-electron chi connectivity index (χ0n) is 16.3. The molecular weight excluding hydrogens is 419 g/mol. The van der Waals surface area contributed by atoms with Crippen LogP contribution in [-0.2, 0) is 4.79 Å². The molecule has 0 bridgehead atoms. The quantitative estimate of drug-likeness (QED) is 0.267. The minimum atomic E-state index is -0.451. The molecular formula is C21H17FN6O2S. The molecule has 4 rings (SSSR count). The number of halogens is 1. The van der Waals surface area contributed by atoms with E-state index in [-0.39, 0.29) is 0 Å². The Hall–Kier alpha value is -4.14. The summed E-state index contributed by atoms with van der Waals surface area (Å²) >= 11 is 1.56. The van der Waals surface area contributed by atoms with Crippen LogP contribution in [0.3, 0.4) is 0 Å². The number of aromatic nitrogens is 2. The van der Waals surface area contributed by atoms with Crippen LogP contribution >= 0.6 is 11.3 Å². The molecule has 2 amide bonds. The molecule has 0 aliphatic heterocycles. The first kappa shape index (κ1) is 21.6. The number of fused-ring (bicyclic) bond motifs is 1. The van der Waals surface area contributed by atoms with Gasteiger partial charge in [0, 0.05) is 21.8 Å². The van der Waals surface area contributed by atoms with Crippen LogP contribution in [0.5, 0.6) is 0 Å². The van der Waals surface area contributed by atoms with Crippen molar-refractivity contribution in [2.24, 2.45) is 0 Å². The highest BCUT2D eigenvalue weighted by atomic mass is 32.1. The van der Waals surface area contributed by atoms with E-state index in [1.807, 2.05) is 19.1 Å². The van der Waals surface area contributed by atoms with Crippen LogP contribution < -0.4 is 16.4 Å². The largest absolute Gasteiger partial charge is 0.383 e. The maximum Gasteiger partial charge on any atom is 0.323 e. The van der Waals surface area contributed by atoms with Crippen molar-refractivity contribution in [1.82, 2.24) is 9.97 Å². The number of nitrogen functional groups attached to an aromatic ring is 1. The van der Waals surface area contributed by atoms with Crippen LogP contribution in [0.2, 0.25) is 0 Å². The number of hydrogen-bond acceptors (Lipinski definition) is 7. The predicted octanol–water partition coefficient (Wildman–Crippen LogP) is 4.93. The number of hydrogen-bond donors (Lipinski definition) is 4. The highest BCUT2D eigenvalue weighted by molar-refractivity contribution is 7.19. The van der Waals surface area contributed by atoms with Gasteiger partial charge in [-0.05, 0) is 42.8 Å². The van der Waals surface area contributed by atoms with E-state index in [9.17, 15) is 9.18 Å². The fraction of sp³-hybridized carbons (Fsp3) is 0.0476. The summed E-state index contributed by atoms with van der Waals surface area (Å²) in [5.74, 6) is 0.0322. The lowest BCUT2D eigenvalue weighted by atomic mass is 10.0. The average Bonchev–Trinajstić information content (AvgIpc) is 3.06. The lowest BCUT2D eigenvalue weighted by Crippen LogP contribution is -2.19. The predicted molar refractivity (Wildman–Crippen MR) is 119 cm³/mol. The van der Waals surface area contributed by atoms with E-state index in [1.165, 1.54) is 24.5 Å². The molecule has 156 valence electrons. The van der Waals surface area contributed by atoms with Gasteiger partial charge in [-0.25, -0.2) is 29.4 Å². The smallest absolute Gasteiger partial charge is 0.323 e. The molecule has 2 aromatic carbocycles. The zero-order chi connectivity index (χ0) is 22.4. The van der Waals surface area contributed by atoms with Crippen molar-refractivity contribution in [3.05, 3.63) is 65.6 Å². The van der Waals surface area contributed by atoms with E-state index in [0.717, 1.165) is 32.3 Å². The maximum absolute atomic E-state index is 13.2. The number of amides is 2. The van der Waals surface area contributed by atoms with E-state index in [4.69, 9.17) is 15.9 Å². The molecule has 0 radical (unpaired) electrons. The molecule has 10 heteroatoms. The third-order valence-corrected chi connectivity index (χ3v) is 5.22. The van der Waals surface area contributed by atoms with Crippen LogP contribution in [0.25, 0.3) is 21.3 Å². The number of rotatable bonds is 3. The number of urea groups is 1. The van der Waals surface area contributed by atoms with Gasteiger partial charge in [-0.15, -0.1) is 11.3 Å². The Morgan fingerprint density at radius 3 is 2.48 bits per heavy atom. The van der Waals surface area contributed by atoms with Crippen molar-refractivity contribution in [1.29, 1.82) is 5.41 Å². The first-order valence-electron chi connectivity index (χ1n) is 8.90.